The number of benzene rings is 1. The zero-order valence-electron chi connectivity index (χ0n) is 11.3. The highest BCUT2D eigenvalue weighted by molar-refractivity contribution is 6.30. The molecule has 1 aromatic rings. The summed E-state index contributed by atoms with van der Waals surface area (Å²) in [5.41, 5.74) is 1.02. The zero-order chi connectivity index (χ0) is 14.7. The van der Waals surface area contributed by atoms with E-state index < -0.39 is 11.9 Å². The van der Waals surface area contributed by atoms with E-state index >= 15 is 0 Å². The summed E-state index contributed by atoms with van der Waals surface area (Å²) >= 11 is 5.96. The summed E-state index contributed by atoms with van der Waals surface area (Å²) in [4.78, 5) is 26.5. The van der Waals surface area contributed by atoms with Crippen LogP contribution >= 0.6 is 11.6 Å². The molecule has 5 nitrogen and oxygen atoms in total. The third-order valence-corrected chi connectivity index (χ3v) is 3.74. The average molecular weight is 297 g/mol. The van der Waals surface area contributed by atoms with Crippen LogP contribution in [0.5, 0.6) is 0 Å². The largest absolute Gasteiger partial charge is 0.481 e. The van der Waals surface area contributed by atoms with Crippen LogP contribution in [0.25, 0.3) is 0 Å². The Hall–Kier alpha value is -1.75. The summed E-state index contributed by atoms with van der Waals surface area (Å²) in [6.45, 7) is 3.84. The predicted molar refractivity (Wildman–Crippen MR) is 77.0 cm³/mol. The zero-order valence-corrected chi connectivity index (χ0v) is 12.0. The number of halogens is 1. The fourth-order valence-corrected chi connectivity index (χ4v) is 2.42. The number of carboxylic acids is 1. The van der Waals surface area contributed by atoms with E-state index in [4.69, 9.17) is 16.7 Å². The topological polar surface area (TPSA) is 60.9 Å². The highest BCUT2D eigenvalue weighted by atomic mass is 35.5. The minimum atomic E-state index is -1.08. The molecule has 0 saturated carbocycles. The molecule has 1 amide bonds. The predicted octanol–water partition coefficient (Wildman–Crippen LogP) is 1.71. The van der Waals surface area contributed by atoms with E-state index in [9.17, 15) is 9.59 Å². The lowest BCUT2D eigenvalue weighted by Crippen LogP contribution is -2.51. The Morgan fingerprint density at radius 3 is 2.45 bits per heavy atom. The first-order chi connectivity index (χ1) is 9.49. The third-order valence-electron chi connectivity index (χ3n) is 3.51. The summed E-state index contributed by atoms with van der Waals surface area (Å²) < 4.78 is 0. The van der Waals surface area contributed by atoms with Gasteiger partial charge in [0.15, 0.2) is 0 Å². The normalized spacial score (nSPS) is 16.9. The van der Waals surface area contributed by atoms with Crippen molar-refractivity contribution in [3.8, 4) is 0 Å². The number of anilines is 1. The molecular weight excluding hydrogens is 280 g/mol. The lowest BCUT2D eigenvalue weighted by Gasteiger charge is -2.36. The number of rotatable bonds is 3. The minimum absolute atomic E-state index is 0.316. The van der Waals surface area contributed by atoms with Crippen molar-refractivity contribution in [1.29, 1.82) is 0 Å². The van der Waals surface area contributed by atoms with Crippen molar-refractivity contribution in [1.82, 2.24) is 4.90 Å². The van der Waals surface area contributed by atoms with Crippen LogP contribution < -0.4 is 4.90 Å². The molecule has 1 aliphatic rings. The van der Waals surface area contributed by atoms with Crippen molar-refractivity contribution in [3.63, 3.8) is 0 Å². The van der Waals surface area contributed by atoms with Crippen molar-refractivity contribution >= 4 is 29.2 Å². The van der Waals surface area contributed by atoms with Gasteiger partial charge in [-0.2, -0.15) is 0 Å². The van der Waals surface area contributed by atoms with Gasteiger partial charge in [0.05, 0.1) is 0 Å². The summed E-state index contributed by atoms with van der Waals surface area (Å²) in [6, 6.07) is 7.57. The Bertz CT molecular complexity index is 513. The molecule has 0 aromatic heterocycles. The Kier molecular flexibility index (Phi) is 4.49. The lowest BCUT2D eigenvalue weighted by molar-refractivity contribution is -0.150. The standard InChI is InChI=1S/C14H17ClN2O3/c1-10(14(19)20)13(18)17-7-5-16(6-8-17)12-4-2-3-11(15)9-12/h2-4,9-10H,5-8H2,1H3,(H,19,20). The number of piperazine rings is 1. The van der Waals surface area contributed by atoms with Crippen LogP contribution in [0.3, 0.4) is 0 Å². The number of carbonyl (C=O) groups excluding carboxylic acids is 1. The number of carbonyl (C=O) groups is 2. The fourth-order valence-electron chi connectivity index (χ4n) is 2.24. The molecule has 1 N–H and O–H groups in total. The first kappa shape index (κ1) is 14.7. The van der Waals surface area contributed by atoms with Crippen LogP contribution in [-0.4, -0.2) is 48.1 Å². The summed E-state index contributed by atoms with van der Waals surface area (Å²) in [6.07, 6.45) is 0. The highest BCUT2D eigenvalue weighted by Crippen LogP contribution is 2.21. The number of hydrogen-bond donors (Lipinski definition) is 1. The monoisotopic (exact) mass is 296 g/mol. The molecule has 0 bridgehead atoms. The number of carboxylic acid groups (broad SMARTS) is 1. The molecule has 1 unspecified atom stereocenters. The summed E-state index contributed by atoms with van der Waals surface area (Å²) in [5, 5.41) is 9.55. The maximum Gasteiger partial charge on any atom is 0.315 e. The third kappa shape index (κ3) is 3.22. The van der Waals surface area contributed by atoms with E-state index in [2.05, 4.69) is 4.90 Å². The molecule has 0 aliphatic carbocycles. The molecule has 20 heavy (non-hydrogen) atoms. The maximum absolute atomic E-state index is 11.9. The van der Waals surface area contributed by atoms with E-state index in [1.807, 2.05) is 24.3 Å². The van der Waals surface area contributed by atoms with Crippen LogP contribution in [0.2, 0.25) is 5.02 Å². The number of hydrogen-bond acceptors (Lipinski definition) is 3. The van der Waals surface area contributed by atoms with Gasteiger partial charge in [0, 0.05) is 36.9 Å². The van der Waals surface area contributed by atoms with Gasteiger partial charge < -0.3 is 14.9 Å². The van der Waals surface area contributed by atoms with Crippen molar-refractivity contribution in [2.75, 3.05) is 31.1 Å². The van der Waals surface area contributed by atoms with Crippen molar-refractivity contribution < 1.29 is 14.7 Å². The van der Waals surface area contributed by atoms with Crippen molar-refractivity contribution in [2.45, 2.75) is 6.92 Å². The number of aliphatic carboxylic acids is 1. The van der Waals surface area contributed by atoms with Gasteiger partial charge in [-0.15, -0.1) is 0 Å². The van der Waals surface area contributed by atoms with Crippen LogP contribution in [-0.2, 0) is 9.59 Å². The second kappa shape index (κ2) is 6.13. The quantitative estimate of drug-likeness (QED) is 0.863. The average Bonchev–Trinajstić information content (AvgIpc) is 2.46. The Balaban J connectivity index is 1.96. The smallest absolute Gasteiger partial charge is 0.315 e. The van der Waals surface area contributed by atoms with E-state index in [1.54, 1.807) is 4.90 Å². The van der Waals surface area contributed by atoms with Crippen LogP contribution in [0.1, 0.15) is 6.92 Å². The molecule has 1 saturated heterocycles. The van der Waals surface area contributed by atoms with Gasteiger partial charge in [-0.25, -0.2) is 0 Å². The first-order valence-electron chi connectivity index (χ1n) is 6.51. The van der Waals surface area contributed by atoms with Crippen LogP contribution in [0.15, 0.2) is 24.3 Å². The summed E-state index contributed by atoms with van der Waals surface area (Å²) in [5.74, 6) is -2.37. The van der Waals surface area contributed by atoms with Gasteiger partial charge in [0.2, 0.25) is 5.91 Å². The van der Waals surface area contributed by atoms with Gasteiger partial charge >= 0.3 is 5.97 Å². The fraction of sp³-hybridized carbons (Fsp3) is 0.429. The van der Waals surface area contributed by atoms with E-state index in [0.29, 0.717) is 31.2 Å². The Labute approximate surface area is 122 Å². The van der Waals surface area contributed by atoms with Crippen LogP contribution in [0.4, 0.5) is 5.69 Å². The molecule has 1 fully saturated rings. The van der Waals surface area contributed by atoms with E-state index in [-0.39, 0.29) is 5.91 Å². The number of nitrogens with zero attached hydrogens (tertiary/aromatic N) is 2. The van der Waals surface area contributed by atoms with Gasteiger partial charge in [0.1, 0.15) is 5.92 Å². The molecular formula is C14H17ClN2O3. The molecule has 0 spiro atoms. The second-order valence-corrected chi connectivity index (χ2v) is 5.29. The number of amides is 1. The molecule has 0 radical (unpaired) electrons. The molecule has 1 heterocycles. The molecule has 2 rings (SSSR count). The first-order valence-corrected chi connectivity index (χ1v) is 6.89. The summed E-state index contributed by atoms with van der Waals surface area (Å²) in [7, 11) is 0. The lowest BCUT2D eigenvalue weighted by atomic mass is 10.1. The Morgan fingerprint density at radius 1 is 1.25 bits per heavy atom. The van der Waals surface area contributed by atoms with E-state index in [1.165, 1.54) is 6.92 Å². The molecule has 1 aromatic carbocycles. The Morgan fingerprint density at radius 2 is 1.90 bits per heavy atom. The highest BCUT2D eigenvalue weighted by Gasteiger charge is 2.28. The van der Waals surface area contributed by atoms with Gasteiger partial charge in [-0.3, -0.25) is 9.59 Å². The molecule has 108 valence electrons. The SMILES string of the molecule is CC(C(=O)O)C(=O)N1CCN(c2cccc(Cl)c2)CC1. The van der Waals surface area contributed by atoms with Gasteiger partial charge in [-0.1, -0.05) is 17.7 Å². The molecule has 1 aliphatic heterocycles. The molecule has 6 heteroatoms. The van der Waals surface area contributed by atoms with Gasteiger partial charge in [0.25, 0.3) is 0 Å². The van der Waals surface area contributed by atoms with Crippen molar-refractivity contribution in [3.05, 3.63) is 29.3 Å². The van der Waals surface area contributed by atoms with Crippen molar-refractivity contribution in [2.24, 2.45) is 5.92 Å². The van der Waals surface area contributed by atoms with E-state index in [0.717, 1.165) is 5.69 Å². The second-order valence-electron chi connectivity index (χ2n) is 4.85. The van der Waals surface area contributed by atoms with Crippen LogP contribution in [0, 0.1) is 5.92 Å². The molecule has 1 atom stereocenters. The maximum atomic E-state index is 11.9. The minimum Gasteiger partial charge on any atom is -0.481 e. The van der Waals surface area contributed by atoms with Gasteiger partial charge in [-0.05, 0) is 25.1 Å².